The highest BCUT2D eigenvalue weighted by Gasteiger charge is 2.13. The first-order chi connectivity index (χ1) is 8.13. The van der Waals surface area contributed by atoms with Crippen molar-refractivity contribution >= 4 is 11.7 Å². The van der Waals surface area contributed by atoms with Crippen molar-refractivity contribution in [1.29, 1.82) is 5.41 Å². The lowest BCUT2D eigenvalue weighted by atomic mass is 9.86. The molecule has 0 bridgehead atoms. The zero-order chi connectivity index (χ0) is 12.8. The zero-order valence-electron chi connectivity index (χ0n) is 11.2. The molecule has 2 heteroatoms. The number of benzene rings is 1. The van der Waals surface area contributed by atoms with Crippen molar-refractivity contribution in [3.05, 3.63) is 29.3 Å². The van der Waals surface area contributed by atoms with E-state index in [1.54, 1.807) is 0 Å². The van der Waals surface area contributed by atoms with Crippen LogP contribution in [0.2, 0.25) is 0 Å². The molecule has 0 aromatic heterocycles. The van der Waals surface area contributed by atoms with Gasteiger partial charge in [0.2, 0.25) is 0 Å². The normalized spacial score (nSPS) is 13.9. The lowest BCUT2D eigenvalue weighted by molar-refractivity contribution is 0.677. The largest absolute Gasteiger partial charge is 0.241 e. The highest BCUT2D eigenvalue weighted by Crippen LogP contribution is 2.32. The van der Waals surface area contributed by atoms with E-state index < -0.39 is 0 Å². The van der Waals surface area contributed by atoms with Crippen LogP contribution in [0.15, 0.2) is 23.2 Å². The second-order valence-electron chi connectivity index (χ2n) is 4.66. The Morgan fingerprint density at radius 3 is 2.24 bits per heavy atom. The highest BCUT2D eigenvalue weighted by molar-refractivity contribution is 5.53. The number of aliphatic imine (C=N–C) groups is 1. The lowest BCUT2D eigenvalue weighted by Crippen LogP contribution is -2.01. The van der Waals surface area contributed by atoms with Crippen LogP contribution in [0.3, 0.4) is 0 Å². The van der Waals surface area contributed by atoms with E-state index in [1.807, 2.05) is 6.07 Å². The summed E-state index contributed by atoms with van der Waals surface area (Å²) in [6.45, 7) is 8.94. The minimum absolute atomic E-state index is 0.542. The molecule has 0 aliphatic rings. The minimum atomic E-state index is 0.542. The van der Waals surface area contributed by atoms with Crippen molar-refractivity contribution in [2.75, 3.05) is 0 Å². The molecule has 2 nitrogen and oxygen atoms in total. The molecule has 1 N–H and O–H groups in total. The summed E-state index contributed by atoms with van der Waals surface area (Å²) in [6, 6.07) is 8.35. The molecule has 0 aliphatic carbocycles. The molecular weight excluding hydrogens is 208 g/mol. The molecule has 92 valence electrons. The molecule has 0 fully saturated rings. The fourth-order valence-electron chi connectivity index (χ4n) is 2.01. The highest BCUT2D eigenvalue weighted by atomic mass is 14.7. The van der Waals surface area contributed by atoms with Crippen LogP contribution in [0.5, 0.6) is 0 Å². The monoisotopic (exact) mass is 230 g/mol. The fourth-order valence-corrected chi connectivity index (χ4v) is 2.01. The third kappa shape index (κ3) is 3.28. The van der Waals surface area contributed by atoms with Crippen molar-refractivity contribution < 1.29 is 0 Å². The van der Waals surface area contributed by atoms with E-state index in [4.69, 9.17) is 5.41 Å². The van der Waals surface area contributed by atoms with Gasteiger partial charge < -0.3 is 0 Å². The first kappa shape index (κ1) is 13.7. The standard InChI is InChI=1S/C15H22N2/c1-5-11(3)14-8-7-13(17-10-16)9-15(14)12(4)6-2/h7-9,11-12,16H,5-6H2,1-4H3. The Morgan fingerprint density at radius 1 is 1.12 bits per heavy atom. The minimum Gasteiger partial charge on any atom is -0.241 e. The third-order valence-electron chi connectivity index (χ3n) is 3.54. The van der Waals surface area contributed by atoms with Gasteiger partial charge in [-0.15, -0.1) is 0 Å². The maximum Gasteiger partial charge on any atom is 0.0918 e. The van der Waals surface area contributed by atoms with Gasteiger partial charge in [-0.2, -0.15) is 4.99 Å². The molecule has 17 heavy (non-hydrogen) atoms. The van der Waals surface area contributed by atoms with Gasteiger partial charge >= 0.3 is 0 Å². The Kier molecular flexibility index (Phi) is 5.11. The molecule has 1 aromatic carbocycles. The molecule has 2 unspecified atom stereocenters. The maximum atomic E-state index is 6.92. The maximum absolute atomic E-state index is 6.92. The van der Waals surface area contributed by atoms with Crippen LogP contribution < -0.4 is 0 Å². The molecule has 2 atom stereocenters. The van der Waals surface area contributed by atoms with Gasteiger partial charge in [0.05, 0.1) is 11.7 Å². The zero-order valence-corrected chi connectivity index (χ0v) is 11.2. The first-order valence-electron chi connectivity index (χ1n) is 6.40. The van der Waals surface area contributed by atoms with E-state index in [0.717, 1.165) is 18.5 Å². The van der Waals surface area contributed by atoms with Crippen molar-refractivity contribution in [3.8, 4) is 0 Å². The van der Waals surface area contributed by atoms with Crippen LogP contribution in [0, 0.1) is 5.41 Å². The number of nitrogens with one attached hydrogen (secondary N) is 1. The van der Waals surface area contributed by atoms with Crippen LogP contribution in [0.1, 0.15) is 63.5 Å². The Balaban J connectivity index is 3.25. The number of hydrogen-bond acceptors (Lipinski definition) is 2. The SMILES string of the molecule is CCC(C)c1ccc(N=C=N)cc1C(C)CC. The van der Waals surface area contributed by atoms with E-state index >= 15 is 0 Å². The fraction of sp³-hybridized carbons (Fsp3) is 0.533. The van der Waals surface area contributed by atoms with E-state index in [0.29, 0.717) is 11.8 Å². The average molecular weight is 230 g/mol. The molecule has 0 spiro atoms. The van der Waals surface area contributed by atoms with Gasteiger partial charge in [-0.1, -0.05) is 33.8 Å². The van der Waals surface area contributed by atoms with Crippen LogP contribution in [0.4, 0.5) is 5.69 Å². The topological polar surface area (TPSA) is 36.2 Å². The molecule has 0 aliphatic heterocycles. The van der Waals surface area contributed by atoms with E-state index in [2.05, 4.69) is 50.8 Å². The van der Waals surface area contributed by atoms with Crippen LogP contribution >= 0.6 is 0 Å². The Hall–Kier alpha value is -1.40. The van der Waals surface area contributed by atoms with Crippen LogP contribution in [-0.2, 0) is 0 Å². The number of rotatable bonds is 5. The van der Waals surface area contributed by atoms with Gasteiger partial charge in [-0.3, -0.25) is 0 Å². The van der Waals surface area contributed by atoms with Crippen LogP contribution in [-0.4, -0.2) is 6.01 Å². The van der Waals surface area contributed by atoms with E-state index in [1.165, 1.54) is 11.1 Å². The summed E-state index contributed by atoms with van der Waals surface area (Å²) < 4.78 is 0. The van der Waals surface area contributed by atoms with E-state index in [-0.39, 0.29) is 0 Å². The van der Waals surface area contributed by atoms with Gasteiger partial charge in [0.15, 0.2) is 0 Å². The second kappa shape index (κ2) is 6.36. The molecule has 0 amide bonds. The van der Waals surface area contributed by atoms with Gasteiger partial charge in [0, 0.05) is 0 Å². The summed E-state index contributed by atoms with van der Waals surface area (Å²) in [5.41, 5.74) is 3.63. The Bertz CT molecular complexity index is 417. The van der Waals surface area contributed by atoms with Gasteiger partial charge in [-0.25, -0.2) is 5.41 Å². The molecule has 1 aromatic rings. The summed E-state index contributed by atoms with van der Waals surface area (Å²) in [5, 5.41) is 6.92. The number of nitrogens with zero attached hydrogens (tertiary/aromatic N) is 1. The second-order valence-corrected chi connectivity index (χ2v) is 4.66. The lowest BCUT2D eigenvalue weighted by Gasteiger charge is -2.19. The van der Waals surface area contributed by atoms with Crippen molar-refractivity contribution in [1.82, 2.24) is 0 Å². The average Bonchev–Trinajstić information content (AvgIpc) is 2.37. The summed E-state index contributed by atoms with van der Waals surface area (Å²) in [7, 11) is 0. The number of hydrogen-bond donors (Lipinski definition) is 1. The molecule has 0 saturated carbocycles. The summed E-state index contributed by atoms with van der Waals surface area (Å²) in [4.78, 5) is 3.93. The summed E-state index contributed by atoms with van der Waals surface area (Å²) in [5.74, 6) is 1.12. The molecule has 0 heterocycles. The van der Waals surface area contributed by atoms with Crippen LogP contribution in [0.25, 0.3) is 0 Å². The van der Waals surface area contributed by atoms with Crippen molar-refractivity contribution in [2.24, 2.45) is 4.99 Å². The summed E-state index contributed by atoms with van der Waals surface area (Å²) in [6.07, 6.45) is 2.28. The smallest absolute Gasteiger partial charge is 0.0918 e. The third-order valence-corrected chi connectivity index (χ3v) is 3.54. The predicted molar refractivity (Wildman–Crippen MR) is 73.7 cm³/mol. The molecule has 0 saturated heterocycles. The van der Waals surface area contributed by atoms with Gasteiger partial charge in [-0.05, 0) is 47.9 Å². The van der Waals surface area contributed by atoms with Gasteiger partial charge in [0.1, 0.15) is 0 Å². The Labute approximate surface area is 104 Å². The quantitative estimate of drug-likeness (QED) is 0.683. The van der Waals surface area contributed by atoms with Crippen molar-refractivity contribution in [2.45, 2.75) is 52.4 Å². The van der Waals surface area contributed by atoms with E-state index in [9.17, 15) is 0 Å². The Morgan fingerprint density at radius 2 is 1.71 bits per heavy atom. The first-order valence-corrected chi connectivity index (χ1v) is 6.40. The predicted octanol–water partition coefficient (Wildman–Crippen LogP) is 5.10. The molecular formula is C15H22N2. The molecule has 0 radical (unpaired) electrons. The van der Waals surface area contributed by atoms with Gasteiger partial charge in [0.25, 0.3) is 0 Å². The molecule has 1 rings (SSSR count). The summed E-state index contributed by atoms with van der Waals surface area (Å²) >= 11 is 0. The van der Waals surface area contributed by atoms with Crippen molar-refractivity contribution in [3.63, 3.8) is 0 Å².